The second-order valence-electron chi connectivity index (χ2n) is 4.14. The minimum atomic E-state index is -0.961. The number of likely N-dealkylation sites (tertiary alicyclic amines) is 1. The van der Waals surface area contributed by atoms with Gasteiger partial charge in [-0.3, -0.25) is 9.48 Å². The Balaban J connectivity index is 2.26. The van der Waals surface area contributed by atoms with Crippen LogP contribution in [0.2, 0.25) is 0 Å². The molecule has 1 aliphatic heterocycles. The number of rotatable bonds is 2. The van der Waals surface area contributed by atoms with Crippen molar-refractivity contribution in [2.75, 3.05) is 6.54 Å². The highest BCUT2D eigenvalue weighted by molar-refractivity contribution is 5.96. The Labute approximate surface area is 98.0 Å². The number of carbonyl (C=O) groups is 2. The minimum Gasteiger partial charge on any atom is -0.480 e. The summed E-state index contributed by atoms with van der Waals surface area (Å²) in [4.78, 5) is 24.5. The molecule has 92 valence electrons. The minimum absolute atomic E-state index is 0.237. The first-order valence-electron chi connectivity index (χ1n) is 5.42. The number of aryl methyl sites for hydroxylation is 1. The number of hydrogen-bond donors (Lipinski definition) is 1. The third-order valence-electron chi connectivity index (χ3n) is 3.11. The van der Waals surface area contributed by atoms with Crippen LogP contribution >= 0.6 is 0 Å². The van der Waals surface area contributed by atoms with Gasteiger partial charge in [-0.2, -0.15) is 0 Å². The van der Waals surface area contributed by atoms with E-state index in [0.717, 1.165) is 0 Å². The number of hydrogen-bond acceptors (Lipinski definition) is 4. The van der Waals surface area contributed by atoms with Crippen LogP contribution in [0.4, 0.5) is 0 Å². The summed E-state index contributed by atoms with van der Waals surface area (Å²) >= 11 is 0. The van der Waals surface area contributed by atoms with Crippen molar-refractivity contribution in [1.29, 1.82) is 0 Å². The summed E-state index contributed by atoms with van der Waals surface area (Å²) in [7, 11) is 1.69. The fraction of sp³-hybridized carbons (Fsp3) is 0.600. The van der Waals surface area contributed by atoms with Crippen molar-refractivity contribution in [2.24, 2.45) is 7.05 Å². The molecule has 1 fully saturated rings. The van der Waals surface area contributed by atoms with Gasteiger partial charge in [-0.25, -0.2) is 4.79 Å². The molecular formula is C10H14N4O3. The van der Waals surface area contributed by atoms with Gasteiger partial charge in [-0.05, 0) is 19.8 Å². The van der Waals surface area contributed by atoms with Crippen molar-refractivity contribution in [3.63, 3.8) is 0 Å². The van der Waals surface area contributed by atoms with E-state index in [2.05, 4.69) is 10.3 Å². The van der Waals surface area contributed by atoms with Crippen molar-refractivity contribution < 1.29 is 14.7 Å². The third-order valence-corrected chi connectivity index (χ3v) is 3.11. The average molecular weight is 238 g/mol. The van der Waals surface area contributed by atoms with E-state index >= 15 is 0 Å². The Morgan fingerprint density at radius 2 is 2.18 bits per heavy atom. The smallest absolute Gasteiger partial charge is 0.326 e. The van der Waals surface area contributed by atoms with Crippen molar-refractivity contribution in [1.82, 2.24) is 19.9 Å². The Morgan fingerprint density at radius 3 is 2.71 bits per heavy atom. The molecular weight excluding hydrogens is 224 g/mol. The SMILES string of the molecule is Cc1c(C(=O)N2CCC[C@H]2C(=O)O)nnn1C. The molecule has 1 aromatic heterocycles. The summed E-state index contributed by atoms with van der Waals surface area (Å²) in [5, 5.41) is 16.6. The van der Waals surface area contributed by atoms with Gasteiger partial charge in [0.15, 0.2) is 5.69 Å². The lowest BCUT2D eigenvalue weighted by Crippen LogP contribution is -2.40. The van der Waals surface area contributed by atoms with Crippen LogP contribution in [-0.4, -0.2) is 49.5 Å². The van der Waals surface area contributed by atoms with E-state index in [4.69, 9.17) is 5.11 Å². The van der Waals surface area contributed by atoms with E-state index in [0.29, 0.717) is 25.1 Å². The van der Waals surface area contributed by atoms with Gasteiger partial charge >= 0.3 is 5.97 Å². The number of carboxylic acids is 1. The summed E-state index contributed by atoms with van der Waals surface area (Å²) in [5.41, 5.74) is 0.881. The fourth-order valence-corrected chi connectivity index (χ4v) is 2.00. The normalized spacial score (nSPS) is 19.6. The van der Waals surface area contributed by atoms with E-state index in [1.165, 1.54) is 9.58 Å². The van der Waals surface area contributed by atoms with Gasteiger partial charge in [-0.1, -0.05) is 5.21 Å². The topological polar surface area (TPSA) is 88.3 Å². The molecule has 1 saturated heterocycles. The van der Waals surface area contributed by atoms with E-state index in [1.54, 1.807) is 14.0 Å². The molecule has 17 heavy (non-hydrogen) atoms. The standard InChI is InChI=1S/C10H14N4O3/c1-6-8(11-12-13(6)2)9(15)14-5-3-4-7(14)10(16)17/h7H,3-5H2,1-2H3,(H,16,17)/t7-/m0/s1. The number of amides is 1. The molecule has 0 unspecified atom stereocenters. The Bertz CT molecular complexity index is 468. The van der Waals surface area contributed by atoms with Crippen molar-refractivity contribution in [3.8, 4) is 0 Å². The van der Waals surface area contributed by atoms with Crippen molar-refractivity contribution in [2.45, 2.75) is 25.8 Å². The molecule has 1 atom stereocenters. The van der Waals surface area contributed by atoms with E-state index in [9.17, 15) is 9.59 Å². The van der Waals surface area contributed by atoms with E-state index in [1.807, 2.05) is 0 Å². The van der Waals surface area contributed by atoms with Crippen molar-refractivity contribution >= 4 is 11.9 Å². The Hall–Kier alpha value is -1.92. The monoisotopic (exact) mass is 238 g/mol. The largest absolute Gasteiger partial charge is 0.480 e. The molecule has 7 nitrogen and oxygen atoms in total. The maximum Gasteiger partial charge on any atom is 0.326 e. The second-order valence-corrected chi connectivity index (χ2v) is 4.14. The van der Waals surface area contributed by atoms with Gasteiger partial charge in [0.05, 0.1) is 5.69 Å². The highest BCUT2D eigenvalue weighted by Crippen LogP contribution is 2.20. The highest BCUT2D eigenvalue weighted by Gasteiger charge is 2.36. The van der Waals surface area contributed by atoms with Gasteiger partial charge in [0.25, 0.3) is 5.91 Å². The summed E-state index contributed by atoms with van der Waals surface area (Å²) in [5.74, 6) is -1.31. The zero-order valence-electron chi connectivity index (χ0n) is 9.75. The summed E-state index contributed by atoms with van der Waals surface area (Å²) in [6.45, 7) is 2.20. The van der Waals surface area contributed by atoms with Crippen LogP contribution in [0, 0.1) is 6.92 Å². The summed E-state index contributed by atoms with van der Waals surface area (Å²) < 4.78 is 1.50. The Kier molecular flexibility index (Phi) is 2.83. The molecule has 0 bridgehead atoms. The Morgan fingerprint density at radius 1 is 1.47 bits per heavy atom. The number of aliphatic carboxylic acids is 1. The molecule has 0 saturated carbocycles. The summed E-state index contributed by atoms with van der Waals surface area (Å²) in [6, 6.07) is -0.732. The summed E-state index contributed by atoms with van der Waals surface area (Å²) in [6.07, 6.45) is 1.21. The van der Waals surface area contributed by atoms with Gasteiger partial charge < -0.3 is 10.0 Å². The van der Waals surface area contributed by atoms with Crippen molar-refractivity contribution in [3.05, 3.63) is 11.4 Å². The molecule has 2 rings (SSSR count). The highest BCUT2D eigenvalue weighted by atomic mass is 16.4. The number of carbonyl (C=O) groups excluding carboxylic acids is 1. The number of aromatic nitrogens is 3. The molecule has 1 N–H and O–H groups in total. The van der Waals surface area contributed by atoms with Crippen LogP contribution in [0.1, 0.15) is 29.0 Å². The lowest BCUT2D eigenvalue weighted by Gasteiger charge is -2.20. The fourth-order valence-electron chi connectivity index (χ4n) is 2.00. The number of nitrogens with zero attached hydrogens (tertiary/aromatic N) is 4. The zero-order chi connectivity index (χ0) is 12.6. The predicted octanol–water partition coefficient (Wildman–Crippen LogP) is -0.187. The molecule has 7 heteroatoms. The number of carboxylic acid groups (broad SMARTS) is 1. The van der Waals surface area contributed by atoms with Gasteiger partial charge in [-0.15, -0.1) is 5.10 Å². The first kappa shape index (κ1) is 11.6. The third kappa shape index (κ3) is 1.88. The second kappa shape index (κ2) is 4.15. The molecule has 0 aromatic carbocycles. The average Bonchev–Trinajstić information content (AvgIpc) is 2.87. The maximum atomic E-state index is 12.1. The lowest BCUT2D eigenvalue weighted by atomic mass is 10.2. The van der Waals surface area contributed by atoms with E-state index in [-0.39, 0.29) is 11.6 Å². The van der Waals surface area contributed by atoms with Crippen LogP contribution in [0.15, 0.2) is 0 Å². The van der Waals surface area contributed by atoms with Gasteiger partial charge in [0.1, 0.15) is 6.04 Å². The van der Waals surface area contributed by atoms with Crippen LogP contribution in [-0.2, 0) is 11.8 Å². The maximum absolute atomic E-state index is 12.1. The van der Waals surface area contributed by atoms with Crippen LogP contribution in [0.25, 0.3) is 0 Å². The zero-order valence-corrected chi connectivity index (χ0v) is 9.75. The molecule has 0 spiro atoms. The molecule has 0 radical (unpaired) electrons. The quantitative estimate of drug-likeness (QED) is 0.771. The molecule has 0 aliphatic carbocycles. The molecule has 1 aliphatic rings. The first-order valence-corrected chi connectivity index (χ1v) is 5.42. The van der Waals surface area contributed by atoms with Crippen LogP contribution < -0.4 is 0 Å². The van der Waals surface area contributed by atoms with Crippen LogP contribution in [0.5, 0.6) is 0 Å². The van der Waals surface area contributed by atoms with Crippen LogP contribution in [0.3, 0.4) is 0 Å². The van der Waals surface area contributed by atoms with Gasteiger partial charge in [0, 0.05) is 13.6 Å². The first-order chi connectivity index (χ1) is 8.02. The van der Waals surface area contributed by atoms with E-state index < -0.39 is 12.0 Å². The van der Waals surface area contributed by atoms with Gasteiger partial charge in [0.2, 0.25) is 0 Å². The lowest BCUT2D eigenvalue weighted by molar-refractivity contribution is -0.141. The molecule has 2 heterocycles. The molecule has 1 aromatic rings. The predicted molar refractivity (Wildman–Crippen MR) is 57.4 cm³/mol. The molecule has 1 amide bonds.